The Hall–Kier alpha value is -1.07. The Labute approximate surface area is 132 Å². The van der Waals surface area contributed by atoms with Crippen molar-refractivity contribution in [2.75, 3.05) is 20.1 Å². The predicted octanol–water partition coefficient (Wildman–Crippen LogP) is 3.90. The Morgan fingerprint density at radius 1 is 1.43 bits per heavy atom. The van der Waals surface area contributed by atoms with E-state index in [1.54, 1.807) is 23.3 Å². The number of carbonyl (C=O) groups excluding carboxylic acids is 1. The van der Waals surface area contributed by atoms with Gasteiger partial charge in [-0.3, -0.25) is 0 Å². The minimum Gasteiger partial charge on any atom is -0.444 e. The molecular weight excluding hydrogens is 284 g/mol. The van der Waals surface area contributed by atoms with E-state index in [1.165, 1.54) is 5.56 Å². The van der Waals surface area contributed by atoms with Gasteiger partial charge in [0.05, 0.1) is 0 Å². The van der Waals surface area contributed by atoms with Crippen LogP contribution in [0.1, 0.15) is 46.2 Å². The normalized spacial score (nSPS) is 14.6. The number of ether oxygens (including phenoxy) is 1. The van der Waals surface area contributed by atoms with Crippen molar-refractivity contribution in [3.8, 4) is 0 Å². The second kappa shape index (κ2) is 7.80. The van der Waals surface area contributed by atoms with E-state index in [9.17, 15) is 4.79 Å². The summed E-state index contributed by atoms with van der Waals surface area (Å²) in [5.41, 5.74) is 0.869. The molecule has 2 atom stereocenters. The molecule has 1 heterocycles. The van der Waals surface area contributed by atoms with Gasteiger partial charge in [0.15, 0.2) is 0 Å². The average molecular weight is 312 g/mol. The van der Waals surface area contributed by atoms with E-state index in [0.717, 1.165) is 6.54 Å². The Bertz CT molecular complexity index is 426. The Kier molecular flexibility index (Phi) is 6.68. The highest BCUT2D eigenvalue weighted by molar-refractivity contribution is 7.07. The lowest BCUT2D eigenvalue weighted by Gasteiger charge is -2.27. The Morgan fingerprint density at radius 3 is 2.62 bits per heavy atom. The van der Waals surface area contributed by atoms with E-state index in [-0.39, 0.29) is 6.09 Å². The van der Waals surface area contributed by atoms with Crippen LogP contribution in [0.25, 0.3) is 0 Å². The van der Waals surface area contributed by atoms with Gasteiger partial charge in [0, 0.05) is 19.6 Å². The van der Waals surface area contributed by atoms with E-state index < -0.39 is 5.60 Å². The van der Waals surface area contributed by atoms with Crippen LogP contribution in [0.15, 0.2) is 16.8 Å². The molecule has 4 nitrogen and oxygen atoms in total. The van der Waals surface area contributed by atoms with Crippen molar-refractivity contribution in [1.82, 2.24) is 10.2 Å². The van der Waals surface area contributed by atoms with Crippen LogP contribution in [-0.2, 0) is 4.74 Å². The Balaban J connectivity index is 2.32. The van der Waals surface area contributed by atoms with Crippen molar-refractivity contribution in [3.05, 3.63) is 22.4 Å². The molecule has 0 bridgehead atoms. The molecule has 1 aromatic rings. The molecule has 2 unspecified atom stereocenters. The summed E-state index contributed by atoms with van der Waals surface area (Å²) >= 11 is 1.71. The minimum atomic E-state index is -0.444. The zero-order valence-electron chi connectivity index (χ0n) is 14.0. The third-order valence-corrected chi connectivity index (χ3v) is 3.81. The van der Waals surface area contributed by atoms with Gasteiger partial charge in [0.1, 0.15) is 5.60 Å². The first-order valence-electron chi connectivity index (χ1n) is 7.38. The molecule has 1 N–H and O–H groups in total. The smallest absolute Gasteiger partial charge is 0.410 e. The van der Waals surface area contributed by atoms with Crippen molar-refractivity contribution < 1.29 is 9.53 Å². The molecule has 1 amide bonds. The molecule has 0 aliphatic rings. The van der Waals surface area contributed by atoms with Gasteiger partial charge in [-0.05, 0) is 62.5 Å². The SMILES string of the molecule is CC(CNC(C)c1ccsc1)CN(C)C(=O)OC(C)(C)C. The van der Waals surface area contributed by atoms with Gasteiger partial charge in [-0.1, -0.05) is 6.92 Å². The number of thiophene rings is 1. The molecule has 1 rings (SSSR count). The fraction of sp³-hybridized carbons (Fsp3) is 0.688. The molecule has 0 saturated heterocycles. The molecule has 120 valence electrons. The number of nitrogens with one attached hydrogen (secondary N) is 1. The number of rotatable bonds is 6. The van der Waals surface area contributed by atoms with Crippen molar-refractivity contribution in [2.45, 2.75) is 46.3 Å². The number of hydrogen-bond acceptors (Lipinski definition) is 4. The van der Waals surface area contributed by atoms with Crippen LogP contribution in [0.4, 0.5) is 4.79 Å². The monoisotopic (exact) mass is 312 g/mol. The molecule has 0 aromatic carbocycles. The number of carbonyl (C=O) groups is 1. The number of nitrogens with zero attached hydrogens (tertiary/aromatic N) is 1. The van der Waals surface area contributed by atoms with Crippen molar-refractivity contribution in [2.24, 2.45) is 5.92 Å². The molecule has 0 fully saturated rings. The summed E-state index contributed by atoms with van der Waals surface area (Å²) in [7, 11) is 1.78. The molecule has 5 heteroatoms. The zero-order valence-corrected chi connectivity index (χ0v) is 14.8. The van der Waals surface area contributed by atoms with Crippen LogP contribution in [-0.4, -0.2) is 36.7 Å². The first-order chi connectivity index (χ1) is 9.69. The van der Waals surface area contributed by atoms with Crippen LogP contribution < -0.4 is 5.32 Å². The summed E-state index contributed by atoms with van der Waals surface area (Å²) in [6.45, 7) is 11.5. The molecule has 1 aromatic heterocycles. The molecule has 0 aliphatic heterocycles. The maximum absolute atomic E-state index is 11.9. The summed E-state index contributed by atoms with van der Waals surface area (Å²) in [4.78, 5) is 13.5. The molecule has 0 saturated carbocycles. The highest BCUT2D eigenvalue weighted by Gasteiger charge is 2.20. The summed E-state index contributed by atoms with van der Waals surface area (Å²) < 4.78 is 5.35. The van der Waals surface area contributed by atoms with Gasteiger partial charge in [0.2, 0.25) is 0 Å². The van der Waals surface area contributed by atoms with Gasteiger partial charge in [-0.2, -0.15) is 11.3 Å². The minimum absolute atomic E-state index is 0.264. The first kappa shape index (κ1) is 18.0. The molecule has 21 heavy (non-hydrogen) atoms. The third kappa shape index (κ3) is 6.96. The van der Waals surface area contributed by atoms with Gasteiger partial charge < -0.3 is 15.0 Å². The second-order valence-corrected chi connectivity index (χ2v) is 7.43. The quantitative estimate of drug-likeness (QED) is 0.866. The summed E-state index contributed by atoms with van der Waals surface area (Å²) in [5.74, 6) is 0.364. The first-order valence-corrected chi connectivity index (χ1v) is 8.33. The van der Waals surface area contributed by atoms with E-state index in [4.69, 9.17) is 4.74 Å². The highest BCUT2D eigenvalue weighted by Crippen LogP contribution is 2.16. The van der Waals surface area contributed by atoms with Crippen molar-refractivity contribution in [1.29, 1.82) is 0 Å². The van der Waals surface area contributed by atoms with E-state index in [1.807, 2.05) is 20.8 Å². The van der Waals surface area contributed by atoms with Crippen molar-refractivity contribution >= 4 is 17.4 Å². The van der Waals surface area contributed by atoms with E-state index in [0.29, 0.717) is 18.5 Å². The van der Waals surface area contributed by atoms with Crippen LogP contribution in [0.2, 0.25) is 0 Å². The fourth-order valence-electron chi connectivity index (χ4n) is 1.96. The van der Waals surface area contributed by atoms with Crippen LogP contribution in [0, 0.1) is 5.92 Å². The lowest BCUT2D eigenvalue weighted by atomic mass is 10.1. The number of hydrogen-bond donors (Lipinski definition) is 1. The number of amides is 1. The van der Waals surface area contributed by atoms with Crippen LogP contribution in [0.3, 0.4) is 0 Å². The van der Waals surface area contributed by atoms with Crippen LogP contribution >= 0.6 is 11.3 Å². The van der Waals surface area contributed by atoms with Gasteiger partial charge >= 0.3 is 6.09 Å². The topological polar surface area (TPSA) is 41.6 Å². The maximum Gasteiger partial charge on any atom is 0.410 e. The molecule has 0 spiro atoms. The molecule has 0 aliphatic carbocycles. The summed E-state index contributed by atoms with van der Waals surface area (Å²) in [5, 5.41) is 7.76. The van der Waals surface area contributed by atoms with Gasteiger partial charge in [0.25, 0.3) is 0 Å². The lowest BCUT2D eigenvalue weighted by Crippen LogP contribution is -2.38. The molecule has 0 radical (unpaired) electrons. The standard InChI is InChI=1S/C16H28N2O2S/c1-12(9-17-13(2)14-7-8-21-11-14)10-18(6)15(19)20-16(3,4)5/h7-8,11-13,17H,9-10H2,1-6H3. The zero-order chi connectivity index (χ0) is 16.0. The lowest BCUT2D eigenvalue weighted by molar-refractivity contribution is 0.0276. The van der Waals surface area contributed by atoms with E-state index in [2.05, 4.69) is 36.0 Å². The molecular formula is C16H28N2O2S. The average Bonchev–Trinajstić information content (AvgIpc) is 2.87. The maximum atomic E-state index is 11.9. The van der Waals surface area contributed by atoms with Gasteiger partial charge in [-0.15, -0.1) is 0 Å². The highest BCUT2D eigenvalue weighted by atomic mass is 32.1. The van der Waals surface area contributed by atoms with Crippen molar-refractivity contribution in [3.63, 3.8) is 0 Å². The Morgan fingerprint density at radius 2 is 2.10 bits per heavy atom. The van der Waals surface area contributed by atoms with Gasteiger partial charge in [-0.25, -0.2) is 4.79 Å². The fourth-order valence-corrected chi connectivity index (χ4v) is 2.72. The van der Waals surface area contributed by atoms with Crippen LogP contribution in [0.5, 0.6) is 0 Å². The van der Waals surface area contributed by atoms with E-state index >= 15 is 0 Å². The largest absolute Gasteiger partial charge is 0.444 e. The third-order valence-electron chi connectivity index (χ3n) is 3.11. The second-order valence-electron chi connectivity index (χ2n) is 6.65. The summed E-state index contributed by atoms with van der Waals surface area (Å²) in [6.07, 6.45) is -0.264. The summed E-state index contributed by atoms with van der Waals surface area (Å²) in [6, 6.07) is 2.48. The predicted molar refractivity (Wildman–Crippen MR) is 88.8 cm³/mol.